The smallest absolute Gasteiger partial charge is 0.228 e. The van der Waals surface area contributed by atoms with Crippen LogP contribution in [-0.2, 0) is 16.1 Å². The van der Waals surface area contributed by atoms with Crippen molar-refractivity contribution in [1.29, 1.82) is 5.26 Å². The summed E-state index contributed by atoms with van der Waals surface area (Å²) in [4.78, 5) is 29.3. The molecule has 7 rings (SSSR count). The number of pyridine rings is 1. The van der Waals surface area contributed by atoms with Crippen molar-refractivity contribution < 1.29 is 9.53 Å². The summed E-state index contributed by atoms with van der Waals surface area (Å²) in [5, 5.41) is 16.3. The number of nitriles is 1. The first-order valence-corrected chi connectivity index (χ1v) is 14.9. The van der Waals surface area contributed by atoms with Crippen LogP contribution in [-0.4, -0.2) is 77.0 Å². The first-order valence-electron chi connectivity index (χ1n) is 14.1. The molecule has 10 nitrogen and oxygen atoms in total. The van der Waals surface area contributed by atoms with E-state index < -0.39 is 0 Å². The van der Waals surface area contributed by atoms with Gasteiger partial charge in [-0.15, -0.1) is 0 Å². The molecule has 0 bridgehead atoms. The van der Waals surface area contributed by atoms with Crippen molar-refractivity contribution in [2.75, 3.05) is 56.2 Å². The molecule has 0 unspecified atom stereocenters. The molecule has 1 amide bonds. The Hall–Kier alpha value is -4.01. The van der Waals surface area contributed by atoms with E-state index in [0.717, 1.165) is 65.7 Å². The minimum absolute atomic E-state index is 0.0377. The minimum Gasteiger partial charge on any atom is -0.381 e. The number of carbonyl (C=O) groups is 1. The lowest BCUT2D eigenvalue weighted by Gasteiger charge is -2.61. The Morgan fingerprint density at radius 2 is 2.02 bits per heavy atom. The molecule has 210 valence electrons. The number of anilines is 3. The number of benzene rings is 1. The number of nitrogens with zero attached hydrogens (tertiary/aromatic N) is 8. The highest BCUT2D eigenvalue weighted by atomic mass is 32.1. The Balaban J connectivity index is 1.13. The van der Waals surface area contributed by atoms with Gasteiger partial charge in [0.2, 0.25) is 5.91 Å². The molecule has 1 aromatic carbocycles. The van der Waals surface area contributed by atoms with E-state index in [0.29, 0.717) is 36.0 Å². The number of aryl methyl sites for hydroxylation is 2. The van der Waals surface area contributed by atoms with Crippen molar-refractivity contribution in [2.45, 2.75) is 26.8 Å². The van der Waals surface area contributed by atoms with Gasteiger partial charge in [-0.1, -0.05) is 41.2 Å². The predicted molar refractivity (Wildman–Crippen MR) is 158 cm³/mol. The van der Waals surface area contributed by atoms with Crippen molar-refractivity contribution >= 4 is 44.9 Å². The summed E-state index contributed by atoms with van der Waals surface area (Å²) in [5.41, 5.74) is 4.71. The van der Waals surface area contributed by atoms with E-state index in [1.807, 2.05) is 58.9 Å². The summed E-state index contributed by atoms with van der Waals surface area (Å²) in [5.74, 6) is 1.19. The molecule has 0 aliphatic carbocycles. The SMILES string of the molecule is CCn1nc2ncc(N3CC4(CN(C(=O)[C@H]5CCOC5)C4)C3)cc2c1N(C)c1nc(-c2ccc(C)cc2)c(C#N)s1. The summed E-state index contributed by atoms with van der Waals surface area (Å²) >= 11 is 1.38. The number of carbonyl (C=O) groups excluding carboxylic acids is 1. The van der Waals surface area contributed by atoms with Gasteiger partial charge < -0.3 is 19.4 Å². The van der Waals surface area contributed by atoms with Gasteiger partial charge in [0.25, 0.3) is 0 Å². The zero-order valence-electron chi connectivity index (χ0n) is 23.5. The number of hydrogen-bond acceptors (Lipinski definition) is 9. The number of rotatable bonds is 6. The molecule has 3 aliphatic heterocycles. The standard InChI is InChI=1S/C30H32N8O2S/c1-4-38-27(35(3)29-33-25(24(12-31)41-29)20-7-5-19(2)6-8-20)23-11-22(13-32-26(23)34-38)36-15-30(16-36)17-37(18-30)28(39)21-9-10-40-14-21/h5-8,11,13,21H,4,9-10,14-18H2,1-3H3/t21-/m0/s1. The molecule has 0 N–H and O–H groups in total. The number of likely N-dealkylation sites (tertiary alicyclic amines) is 1. The number of thiazole rings is 1. The molecule has 4 aromatic rings. The predicted octanol–water partition coefficient (Wildman–Crippen LogP) is 4.21. The van der Waals surface area contributed by atoms with Crippen LogP contribution in [0.1, 0.15) is 23.8 Å². The van der Waals surface area contributed by atoms with Gasteiger partial charge in [-0.25, -0.2) is 14.6 Å². The van der Waals surface area contributed by atoms with E-state index in [2.05, 4.69) is 24.0 Å². The van der Waals surface area contributed by atoms with E-state index >= 15 is 0 Å². The van der Waals surface area contributed by atoms with Crippen LogP contribution in [0.15, 0.2) is 36.5 Å². The highest BCUT2D eigenvalue weighted by Gasteiger charge is 2.54. The number of aromatic nitrogens is 4. The maximum Gasteiger partial charge on any atom is 0.228 e. The van der Waals surface area contributed by atoms with Gasteiger partial charge in [0.05, 0.1) is 29.8 Å². The molecular weight excluding hydrogens is 536 g/mol. The fourth-order valence-electron chi connectivity index (χ4n) is 6.32. The van der Waals surface area contributed by atoms with E-state index in [4.69, 9.17) is 19.8 Å². The highest BCUT2D eigenvalue weighted by Crippen LogP contribution is 2.44. The van der Waals surface area contributed by atoms with Crippen LogP contribution in [0.4, 0.5) is 16.6 Å². The average molecular weight is 569 g/mol. The molecule has 3 aromatic heterocycles. The third kappa shape index (κ3) is 4.33. The van der Waals surface area contributed by atoms with Crippen LogP contribution in [0.5, 0.6) is 0 Å². The third-order valence-electron chi connectivity index (χ3n) is 8.56. The number of hydrogen-bond donors (Lipinski definition) is 0. The fraction of sp³-hybridized carbons (Fsp3) is 0.433. The van der Waals surface area contributed by atoms with E-state index in [-0.39, 0.29) is 17.2 Å². The summed E-state index contributed by atoms with van der Waals surface area (Å²) in [6.07, 6.45) is 2.74. The lowest BCUT2D eigenvalue weighted by Crippen LogP contribution is -2.73. The second-order valence-electron chi connectivity index (χ2n) is 11.5. The van der Waals surface area contributed by atoms with E-state index in [1.54, 1.807) is 0 Å². The van der Waals surface area contributed by atoms with Crippen LogP contribution < -0.4 is 9.80 Å². The Labute approximate surface area is 242 Å². The number of ether oxygens (including phenoxy) is 1. The molecule has 0 radical (unpaired) electrons. The Morgan fingerprint density at radius 1 is 1.24 bits per heavy atom. The highest BCUT2D eigenvalue weighted by molar-refractivity contribution is 7.16. The quantitative estimate of drug-likeness (QED) is 0.341. The van der Waals surface area contributed by atoms with Gasteiger partial charge in [0, 0.05) is 57.4 Å². The second-order valence-corrected chi connectivity index (χ2v) is 12.5. The second kappa shape index (κ2) is 9.82. The van der Waals surface area contributed by atoms with Gasteiger partial charge in [0.1, 0.15) is 22.5 Å². The molecule has 1 atom stereocenters. The fourth-order valence-corrected chi connectivity index (χ4v) is 7.17. The van der Waals surface area contributed by atoms with Crippen LogP contribution in [0.3, 0.4) is 0 Å². The first-order chi connectivity index (χ1) is 19.9. The number of amides is 1. The van der Waals surface area contributed by atoms with Crippen molar-refractivity contribution in [1.82, 2.24) is 24.6 Å². The Kier molecular flexibility index (Phi) is 6.21. The summed E-state index contributed by atoms with van der Waals surface area (Å²) < 4.78 is 7.35. The van der Waals surface area contributed by atoms with Crippen LogP contribution in [0.25, 0.3) is 22.3 Å². The number of fused-ring (bicyclic) bond motifs is 1. The van der Waals surface area contributed by atoms with Gasteiger partial charge in [-0.3, -0.25) is 4.79 Å². The van der Waals surface area contributed by atoms with Gasteiger partial charge in [-0.05, 0) is 26.3 Å². The van der Waals surface area contributed by atoms with Crippen LogP contribution >= 0.6 is 11.3 Å². The van der Waals surface area contributed by atoms with Crippen LogP contribution in [0, 0.1) is 29.6 Å². The van der Waals surface area contributed by atoms with Crippen molar-refractivity contribution in [3.63, 3.8) is 0 Å². The molecule has 3 saturated heterocycles. The Bertz CT molecular complexity index is 1670. The zero-order chi connectivity index (χ0) is 28.3. The van der Waals surface area contributed by atoms with E-state index in [9.17, 15) is 10.1 Å². The van der Waals surface area contributed by atoms with Crippen molar-refractivity contribution in [3.05, 3.63) is 47.0 Å². The monoisotopic (exact) mass is 568 g/mol. The lowest BCUT2D eigenvalue weighted by molar-refractivity contribution is -0.149. The lowest BCUT2D eigenvalue weighted by atomic mass is 9.72. The van der Waals surface area contributed by atoms with Crippen molar-refractivity contribution in [2.24, 2.45) is 11.3 Å². The molecule has 3 fully saturated rings. The Morgan fingerprint density at radius 3 is 2.71 bits per heavy atom. The van der Waals surface area contributed by atoms with Crippen molar-refractivity contribution in [3.8, 4) is 17.3 Å². The maximum absolute atomic E-state index is 12.7. The third-order valence-corrected chi connectivity index (χ3v) is 9.60. The molecule has 41 heavy (non-hydrogen) atoms. The van der Waals surface area contributed by atoms with Crippen LogP contribution in [0.2, 0.25) is 0 Å². The van der Waals surface area contributed by atoms with Gasteiger partial charge in [0.15, 0.2) is 10.8 Å². The molecule has 3 aliphatic rings. The summed E-state index contributed by atoms with van der Waals surface area (Å²) in [7, 11) is 1.97. The average Bonchev–Trinajstić information content (AvgIpc) is 3.70. The zero-order valence-corrected chi connectivity index (χ0v) is 24.3. The summed E-state index contributed by atoms with van der Waals surface area (Å²) in [6.45, 7) is 9.51. The summed E-state index contributed by atoms with van der Waals surface area (Å²) in [6, 6.07) is 12.6. The molecular formula is C30H32N8O2S. The van der Waals surface area contributed by atoms with E-state index in [1.165, 1.54) is 11.3 Å². The van der Waals surface area contributed by atoms with Gasteiger partial charge in [-0.2, -0.15) is 10.4 Å². The molecule has 6 heterocycles. The molecule has 1 spiro atoms. The topological polar surface area (TPSA) is 103 Å². The molecule has 0 saturated carbocycles. The normalized spacial score (nSPS) is 19.3. The molecule has 11 heteroatoms. The first kappa shape index (κ1) is 25.9. The maximum atomic E-state index is 12.7. The largest absolute Gasteiger partial charge is 0.381 e. The minimum atomic E-state index is 0.0377. The van der Waals surface area contributed by atoms with Gasteiger partial charge >= 0.3 is 0 Å².